The molecule has 0 fully saturated rings. The zero-order valence-corrected chi connectivity index (χ0v) is 19.7. The third-order valence-electron chi connectivity index (χ3n) is 5.85. The Hall–Kier alpha value is -3.71. The molecule has 0 atom stereocenters. The van der Waals surface area contributed by atoms with E-state index >= 15 is 0 Å². The second kappa shape index (κ2) is 8.01. The van der Waals surface area contributed by atoms with E-state index in [1.807, 2.05) is 43.3 Å². The van der Waals surface area contributed by atoms with Crippen LogP contribution in [-0.4, -0.2) is 31.5 Å². The first-order chi connectivity index (χ1) is 15.8. The van der Waals surface area contributed by atoms with Crippen molar-refractivity contribution >= 4 is 39.8 Å². The largest absolute Gasteiger partial charge is 0.318 e. The zero-order valence-electron chi connectivity index (χ0n) is 18.9. The summed E-state index contributed by atoms with van der Waals surface area (Å²) in [6, 6.07) is 18.1. The minimum Gasteiger partial charge on any atom is -0.318 e. The molecule has 2 aromatic carbocycles. The fourth-order valence-corrected chi connectivity index (χ4v) is 5.01. The Bertz CT molecular complexity index is 1410. The second-order valence-corrected chi connectivity index (χ2v) is 9.20. The van der Waals surface area contributed by atoms with E-state index in [0.717, 1.165) is 33.2 Å². The number of amides is 1. The molecular weight excluding hydrogens is 430 g/mol. The summed E-state index contributed by atoms with van der Waals surface area (Å²) in [4.78, 5) is 17.1. The lowest BCUT2D eigenvalue weighted by Crippen LogP contribution is -2.35. The molecule has 2 aliphatic heterocycles. The van der Waals surface area contributed by atoms with E-state index < -0.39 is 5.91 Å². The van der Waals surface area contributed by atoms with Crippen molar-refractivity contribution in [1.82, 2.24) is 9.58 Å². The highest BCUT2D eigenvalue weighted by Gasteiger charge is 2.36. The molecule has 0 spiro atoms. The normalized spacial score (nSPS) is 16.8. The number of aryl methyl sites for hydroxylation is 3. The van der Waals surface area contributed by atoms with Gasteiger partial charge in [-0.2, -0.15) is 15.1 Å². The number of hydrazone groups is 1. The number of aromatic nitrogens is 1. The van der Waals surface area contributed by atoms with Gasteiger partial charge in [-0.15, -0.1) is 0 Å². The lowest BCUT2D eigenvalue weighted by molar-refractivity contribution is -0.114. The molecule has 7 heteroatoms. The van der Waals surface area contributed by atoms with E-state index in [4.69, 9.17) is 5.41 Å². The number of nitrogens with one attached hydrogen (secondary N) is 1. The highest BCUT2D eigenvalue weighted by Crippen LogP contribution is 2.32. The number of nitrogens with zero attached hydrogens (tertiary/aromatic N) is 4. The molecule has 1 N–H and O–H groups in total. The quantitative estimate of drug-likeness (QED) is 0.541. The van der Waals surface area contributed by atoms with E-state index in [0.29, 0.717) is 5.17 Å². The topological polar surface area (TPSA) is 73.8 Å². The van der Waals surface area contributed by atoms with Gasteiger partial charge >= 0.3 is 0 Å². The maximum atomic E-state index is 12.9. The summed E-state index contributed by atoms with van der Waals surface area (Å²) in [5.74, 6) is -0.375. The molecule has 3 aromatic rings. The van der Waals surface area contributed by atoms with Crippen molar-refractivity contribution in [3.05, 3.63) is 93.8 Å². The SMILES string of the molecule is Cc1ccc(C)c(-n2c(C)cc(C=C3C(=N)N4N=C(c5ccccc5)SC4=NC3=O)c2C)c1. The van der Waals surface area contributed by atoms with E-state index in [9.17, 15) is 4.79 Å². The number of aliphatic imine (C=N–C) groups is 1. The van der Waals surface area contributed by atoms with Crippen molar-refractivity contribution in [2.45, 2.75) is 27.7 Å². The van der Waals surface area contributed by atoms with Crippen LogP contribution in [0, 0.1) is 33.1 Å². The van der Waals surface area contributed by atoms with Crippen molar-refractivity contribution in [3.8, 4) is 5.69 Å². The van der Waals surface area contributed by atoms with E-state index in [1.165, 1.54) is 27.9 Å². The molecule has 1 amide bonds. The molecular formula is C26H23N5OS. The van der Waals surface area contributed by atoms with Crippen LogP contribution >= 0.6 is 11.8 Å². The molecule has 0 aliphatic carbocycles. The van der Waals surface area contributed by atoms with Crippen LogP contribution in [0.15, 0.2) is 70.3 Å². The van der Waals surface area contributed by atoms with E-state index in [2.05, 4.69) is 53.6 Å². The van der Waals surface area contributed by atoms with Crippen LogP contribution in [0.5, 0.6) is 0 Å². The zero-order chi connectivity index (χ0) is 23.3. The van der Waals surface area contributed by atoms with Gasteiger partial charge in [-0.05, 0) is 74.4 Å². The van der Waals surface area contributed by atoms with Crippen LogP contribution in [0.25, 0.3) is 11.8 Å². The maximum absolute atomic E-state index is 12.9. The summed E-state index contributed by atoms with van der Waals surface area (Å²) >= 11 is 1.31. The predicted molar refractivity (Wildman–Crippen MR) is 135 cm³/mol. The Kier molecular flexibility index (Phi) is 5.13. The summed E-state index contributed by atoms with van der Waals surface area (Å²) < 4.78 is 2.19. The van der Waals surface area contributed by atoms with Crippen LogP contribution in [0.2, 0.25) is 0 Å². The third-order valence-corrected chi connectivity index (χ3v) is 6.81. The molecule has 0 bridgehead atoms. The van der Waals surface area contributed by atoms with Crippen LogP contribution in [0.3, 0.4) is 0 Å². The Morgan fingerprint density at radius 1 is 1.00 bits per heavy atom. The Balaban J connectivity index is 1.54. The second-order valence-electron chi connectivity index (χ2n) is 8.24. The van der Waals surface area contributed by atoms with E-state index in [-0.39, 0.29) is 11.4 Å². The van der Waals surface area contributed by atoms with Crippen LogP contribution in [0.4, 0.5) is 0 Å². The van der Waals surface area contributed by atoms with Gasteiger partial charge in [-0.3, -0.25) is 10.2 Å². The third kappa shape index (κ3) is 3.64. The first-order valence-electron chi connectivity index (χ1n) is 10.7. The van der Waals surface area contributed by atoms with Crippen molar-refractivity contribution in [2.24, 2.45) is 10.1 Å². The molecule has 0 saturated carbocycles. The van der Waals surface area contributed by atoms with Gasteiger partial charge in [0.25, 0.3) is 5.91 Å². The van der Waals surface area contributed by atoms with Crippen molar-refractivity contribution in [1.29, 1.82) is 5.41 Å². The monoisotopic (exact) mass is 453 g/mol. The summed E-state index contributed by atoms with van der Waals surface area (Å²) in [6.07, 6.45) is 1.76. The number of amidine groups is 2. The number of hydrogen-bond acceptors (Lipinski definition) is 4. The summed E-state index contributed by atoms with van der Waals surface area (Å²) in [5, 5.41) is 15.8. The lowest BCUT2D eigenvalue weighted by Gasteiger charge is -2.20. The summed E-state index contributed by atoms with van der Waals surface area (Å²) in [7, 11) is 0. The minimum absolute atomic E-state index is 0.0416. The van der Waals surface area contributed by atoms with Gasteiger partial charge in [0.15, 0.2) is 5.84 Å². The molecule has 1 aromatic heterocycles. The average Bonchev–Trinajstić information content (AvgIpc) is 3.34. The molecule has 2 aliphatic rings. The Morgan fingerprint density at radius 2 is 1.76 bits per heavy atom. The number of rotatable bonds is 3. The lowest BCUT2D eigenvalue weighted by atomic mass is 10.1. The highest BCUT2D eigenvalue weighted by atomic mass is 32.2. The number of thioether (sulfide) groups is 1. The molecule has 5 rings (SSSR count). The molecule has 3 heterocycles. The first-order valence-corrected chi connectivity index (χ1v) is 11.5. The smallest absolute Gasteiger partial charge is 0.283 e. The number of carbonyl (C=O) groups excluding carboxylic acids is 1. The number of hydrogen-bond donors (Lipinski definition) is 1. The highest BCUT2D eigenvalue weighted by molar-refractivity contribution is 8.27. The fourth-order valence-electron chi connectivity index (χ4n) is 4.11. The van der Waals surface area contributed by atoms with Crippen molar-refractivity contribution in [2.75, 3.05) is 0 Å². The molecule has 33 heavy (non-hydrogen) atoms. The average molecular weight is 454 g/mol. The number of carbonyl (C=O) groups is 1. The molecule has 0 saturated heterocycles. The van der Waals surface area contributed by atoms with Crippen LogP contribution < -0.4 is 0 Å². The van der Waals surface area contributed by atoms with E-state index in [1.54, 1.807) is 6.08 Å². The minimum atomic E-state index is -0.417. The first kappa shape index (κ1) is 21.2. The van der Waals surface area contributed by atoms with Gasteiger partial charge in [0.05, 0.1) is 5.57 Å². The molecule has 164 valence electrons. The number of fused-ring (bicyclic) bond motifs is 1. The van der Waals surface area contributed by atoms with Crippen molar-refractivity contribution < 1.29 is 4.79 Å². The van der Waals surface area contributed by atoms with Gasteiger partial charge < -0.3 is 4.57 Å². The molecule has 0 unspecified atom stereocenters. The van der Waals surface area contributed by atoms with Crippen molar-refractivity contribution in [3.63, 3.8) is 0 Å². The van der Waals surface area contributed by atoms with Crippen LogP contribution in [0.1, 0.15) is 33.6 Å². The molecule has 6 nitrogen and oxygen atoms in total. The molecule has 0 radical (unpaired) electrons. The Morgan fingerprint density at radius 3 is 2.52 bits per heavy atom. The predicted octanol–water partition coefficient (Wildman–Crippen LogP) is 5.38. The summed E-state index contributed by atoms with van der Waals surface area (Å²) in [5.41, 5.74) is 7.61. The Labute approximate surface area is 196 Å². The maximum Gasteiger partial charge on any atom is 0.283 e. The summed E-state index contributed by atoms with van der Waals surface area (Å²) in [6.45, 7) is 8.25. The number of benzene rings is 2. The fraction of sp³-hybridized carbons (Fsp3) is 0.154. The van der Waals surface area contributed by atoms with Gasteiger partial charge in [0, 0.05) is 22.6 Å². The van der Waals surface area contributed by atoms with Crippen LogP contribution in [-0.2, 0) is 4.79 Å². The van der Waals surface area contributed by atoms with Gasteiger partial charge in [-0.1, -0.05) is 42.5 Å². The van der Waals surface area contributed by atoms with Gasteiger partial charge in [0.2, 0.25) is 5.17 Å². The standard InChI is InChI=1S/C26H23N5OS/c1-15-10-11-16(2)22(12-15)30-17(3)13-20(18(30)4)14-21-23(27)31-26(28-24(21)32)33-25(29-31)19-8-6-5-7-9-19/h5-14,27H,1-4H3. The van der Waals surface area contributed by atoms with Gasteiger partial charge in [-0.25, -0.2) is 0 Å². The van der Waals surface area contributed by atoms with Gasteiger partial charge in [0.1, 0.15) is 5.04 Å².